The molecule has 1 aliphatic heterocycles. The van der Waals surface area contributed by atoms with Gasteiger partial charge in [-0.1, -0.05) is 0 Å². The number of aromatic nitrogens is 1. The summed E-state index contributed by atoms with van der Waals surface area (Å²) in [6.45, 7) is 3.02. The summed E-state index contributed by atoms with van der Waals surface area (Å²) in [5.41, 5.74) is 0.467. The third-order valence-electron chi connectivity index (χ3n) is 3.44. The Labute approximate surface area is 119 Å². The van der Waals surface area contributed by atoms with E-state index in [4.69, 9.17) is 0 Å². The second-order valence-electron chi connectivity index (χ2n) is 5.02. The van der Waals surface area contributed by atoms with E-state index in [1.807, 2.05) is 11.8 Å². The zero-order valence-electron chi connectivity index (χ0n) is 11.8. The molecule has 0 aromatic carbocycles. The molecular formula is C12H19FN4O2S. The Morgan fingerprint density at radius 1 is 1.40 bits per heavy atom. The van der Waals surface area contributed by atoms with Crippen LogP contribution in [0.15, 0.2) is 18.5 Å². The Morgan fingerprint density at radius 3 is 2.65 bits per heavy atom. The summed E-state index contributed by atoms with van der Waals surface area (Å²) in [5, 5.41) is 0. The molecule has 1 saturated heterocycles. The van der Waals surface area contributed by atoms with Gasteiger partial charge < -0.3 is 4.90 Å². The highest BCUT2D eigenvalue weighted by Gasteiger charge is 2.33. The Kier molecular flexibility index (Phi) is 4.26. The average molecular weight is 302 g/mol. The van der Waals surface area contributed by atoms with Crippen LogP contribution in [0, 0.1) is 5.82 Å². The van der Waals surface area contributed by atoms with Crippen LogP contribution in [0.2, 0.25) is 0 Å². The van der Waals surface area contributed by atoms with Gasteiger partial charge in [0.1, 0.15) is 0 Å². The minimum absolute atomic E-state index is 0.102. The van der Waals surface area contributed by atoms with Crippen LogP contribution in [0.25, 0.3) is 0 Å². The van der Waals surface area contributed by atoms with Crippen molar-refractivity contribution in [1.82, 2.24) is 13.6 Å². The van der Waals surface area contributed by atoms with E-state index in [1.165, 1.54) is 35.1 Å². The second kappa shape index (κ2) is 5.63. The summed E-state index contributed by atoms with van der Waals surface area (Å²) >= 11 is 0. The molecule has 1 fully saturated rings. The number of nitrogens with zero attached hydrogens (tertiary/aromatic N) is 4. The standard InChI is InChI=1S/C12H19FN4O2S/c1-10-9-16(20(18,19)15(2)3)6-7-17(10)12-4-5-14-8-11(12)13/h4-5,8,10H,6-7,9H2,1-3H3. The van der Waals surface area contributed by atoms with Gasteiger partial charge in [0.2, 0.25) is 0 Å². The number of rotatable bonds is 3. The summed E-state index contributed by atoms with van der Waals surface area (Å²) in [7, 11) is -0.397. The number of hydrogen-bond acceptors (Lipinski definition) is 4. The Hall–Kier alpha value is -1.25. The summed E-state index contributed by atoms with van der Waals surface area (Å²) in [5.74, 6) is -0.386. The van der Waals surface area contributed by atoms with Crippen molar-refractivity contribution in [2.24, 2.45) is 0 Å². The first-order valence-electron chi connectivity index (χ1n) is 6.38. The van der Waals surface area contributed by atoms with Gasteiger partial charge in [-0.05, 0) is 13.0 Å². The molecule has 1 aliphatic rings. The maximum atomic E-state index is 13.8. The van der Waals surface area contributed by atoms with E-state index in [0.29, 0.717) is 25.3 Å². The monoisotopic (exact) mass is 302 g/mol. The molecule has 0 amide bonds. The molecule has 0 N–H and O–H groups in total. The Morgan fingerprint density at radius 2 is 2.10 bits per heavy atom. The van der Waals surface area contributed by atoms with Gasteiger partial charge >= 0.3 is 0 Å². The van der Waals surface area contributed by atoms with Crippen LogP contribution >= 0.6 is 0 Å². The number of halogens is 1. The molecule has 2 rings (SSSR count). The van der Waals surface area contributed by atoms with Gasteiger partial charge in [0.15, 0.2) is 5.82 Å². The molecule has 1 aromatic rings. The molecule has 0 spiro atoms. The molecule has 1 aromatic heterocycles. The lowest BCUT2D eigenvalue weighted by atomic mass is 10.2. The zero-order chi connectivity index (χ0) is 14.9. The van der Waals surface area contributed by atoms with Gasteiger partial charge in [0, 0.05) is 46.0 Å². The number of piperazine rings is 1. The van der Waals surface area contributed by atoms with Crippen LogP contribution in [0.4, 0.5) is 10.1 Å². The molecule has 0 aliphatic carbocycles. The van der Waals surface area contributed by atoms with Crippen molar-refractivity contribution >= 4 is 15.9 Å². The Balaban J connectivity index is 2.17. The predicted molar refractivity (Wildman–Crippen MR) is 75.2 cm³/mol. The maximum Gasteiger partial charge on any atom is 0.281 e. The molecular weight excluding hydrogens is 283 g/mol. The lowest BCUT2D eigenvalue weighted by Crippen LogP contribution is -2.56. The quantitative estimate of drug-likeness (QED) is 0.818. The first-order chi connectivity index (χ1) is 9.34. The van der Waals surface area contributed by atoms with E-state index in [-0.39, 0.29) is 11.9 Å². The van der Waals surface area contributed by atoms with E-state index < -0.39 is 10.2 Å². The van der Waals surface area contributed by atoms with Gasteiger partial charge in [0.05, 0.1) is 11.9 Å². The van der Waals surface area contributed by atoms with Crippen LogP contribution in [0.1, 0.15) is 6.92 Å². The summed E-state index contributed by atoms with van der Waals surface area (Å²) in [4.78, 5) is 5.60. The van der Waals surface area contributed by atoms with Gasteiger partial charge in [0.25, 0.3) is 10.2 Å². The van der Waals surface area contributed by atoms with E-state index in [1.54, 1.807) is 6.07 Å². The lowest BCUT2D eigenvalue weighted by Gasteiger charge is -2.41. The SMILES string of the molecule is CC1CN(S(=O)(=O)N(C)C)CCN1c1ccncc1F. The van der Waals surface area contributed by atoms with E-state index in [2.05, 4.69) is 4.98 Å². The van der Waals surface area contributed by atoms with Gasteiger partial charge in [-0.15, -0.1) is 0 Å². The second-order valence-corrected chi connectivity index (χ2v) is 7.16. The largest absolute Gasteiger partial charge is 0.364 e. The molecule has 2 heterocycles. The molecule has 112 valence electrons. The normalized spacial score (nSPS) is 21.4. The molecule has 20 heavy (non-hydrogen) atoms. The fraction of sp³-hybridized carbons (Fsp3) is 0.583. The number of anilines is 1. The molecule has 6 nitrogen and oxygen atoms in total. The first-order valence-corrected chi connectivity index (χ1v) is 7.77. The summed E-state index contributed by atoms with van der Waals surface area (Å²) in [6, 6.07) is 1.51. The first kappa shape index (κ1) is 15.1. The van der Waals surface area contributed by atoms with Crippen molar-refractivity contribution in [2.45, 2.75) is 13.0 Å². The third-order valence-corrected chi connectivity index (χ3v) is 5.35. The molecule has 0 radical (unpaired) electrons. The average Bonchev–Trinajstić information content (AvgIpc) is 2.39. The molecule has 1 atom stereocenters. The van der Waals surface area contributed by atoms with Crippen molar-refractivity contribution in [3.05, 3.63) is 24.3 Å². The fourth-order valence-electron chi connectivity index (χ4n) is 2.32. The minimum atomic E-state index is -3.41. The highest BCUT2D eigenvalue weighted by molar-refractivity contribution is 7.86. The van der Waals surface area contributed by atoms with Crippen molar-refractivity contribution in [1.29, 1.82) is 0 Å². The third kappa shape index (κ3) is 2.77. The van der Waals surface area contributed by atoms with Crippen molar-refractivity contribution < 1.29 is 12.8 Å². The maximum absolute atomic E-state index is 13.8. The molecule has 0 bridgehead atoms. The van der Waals surface area contributed by atoms with Gasteiger partial charge in [-0.25, -0.2) is 4.39 Å². The number of hydrogen-bond donors (Lipinski definition) is 0. The van der Waals surface area contributed by atoms with Crippen LogP contribution in [0.3, 0.4) is 0 Å². The van der Waals surface area contributed by atoms with Crippen LogP contribution in [-0.4, -0.2) is 61.8 Å². The predicted octanol–water partition coefficient (Wildman–Crippen LogP) is 0.538. The van der Waals surface area contributed by atoms with Gasteiger partial charge in [-0.2, -0.15) is 17.0 Å². The minimum Gasteiger partial charge on any atom is -0.364 e. The van der Waals surface area contributed by atoms with Gasteiger partial charge in [-0.3, -0.25) is 4.98 Å². The Bertz CT molecular complexity index is 579. The number of pyridine rings is 1. The molecule has 0 saturated carbocycles. The van der Waals surface area contributed by atoms with E-state index in [9.17, 15) is 12.8 Å². The zero-order valence-corrected chi connectivity index (χ0v) is 12.6. The molecule has 8 heteroatoms. The highest BCUT2D eigenvalue weighted by Crippen LogP contribution is 2.24. The van der Waals surface area contributed by atoms with E-state index in [0.717, 1.165) is 0 Å². The van der Waals surface area contributed by atoms with Crippen LogP contribution < -0.4 is 4.90 Å². The van der Waals surface area contributed by atoms with E-state index >= 15 is 0 Å². The smallest absolute Gasteiger partial charge is 0.281 e. The fourth-order valence-corrected chi connectivity index (χ4v) is 3.50. The van der Waals surface area contributed by atoms with Crippen molar-refractivity contribution in [3.8, 4) is 0 Å². The molecule has 1 unspecified atom stereocenters. The van der Waals surface area contributed by atoms with Crippen molar-refractivity contribution in [2.75, 3.05) is 38.6 Å². The summed E-state index contributed by atoms with van der Waals surface area (Å²) < 4.78 is 40.6. The highest BCUT2D eigenvalue weighted by atomic mass is 32.2. The van der Waals surface area contributed by atoms with Crippen molar-refractivity contribution in [3.63, 3.8) is 0 Å². The van der Waals surface area contributed by atoms with Crippen LogP contribution in [0.5, 0.6) is 0 Å². The van der Waals surface area contributed by atoms with Crippen LogP contribution in [-0.2, 0) is 10.2 Å². The topological polar surface area (TPSA) is 56.8 Å². The summed E-state index contributed by atoms with van der Waals surface area (Å²) in [6.07, 6.45) is 2.71. The lowest BCUT2D eigenvalue weighted by molar-refractivity contribution is 0.320.